The van der Waals surface area contributed by atoms with Gasteiger partial charge in [0.05, 0.1) is 11.5 Å². The van der Waals surface area contributed by atoms with Crippen LogP contribution in [-0.2, 0) is 11.2 Å². The highest BCUT2D eigenvalue weighted by Gasteiger charge is 2.25. The summed E-state index contributed by atoms with van der Waals surface area (Å²) in [6.07, 6.45) is 4.55. The Kier molecular flexibility index (Phi) is 4.23. The van der Waals surface area contributed by atoms with E-state index in [0.29, 0.717) is 18.1 Å². The van der Waals surface area contributed by atoms with Crippen LogP contribution in [-0.4, -0.2) is 29.2 Å². The molecule has 0 amide bonds. The third-order valence-corrected chi connectivity index (χ3v) is 5.15. The van der Waals surface area contributed by atoms with Crippen LogP contribution in [0.25, 0.3) is 10.2 Å². The third kappa shape index (κ3) is 2.95. The van der Waals surface area contributed by atoms with Gasteiger partial charge >= 0.3 is 0 Å². The average molecular weight is 307 g/mol. The Morgan fingerprint density at radius 3 is 2.95 bits per heavy atom. The molecule has 2 atom stereocenters. The lowest BCUT2D eigenvalue weighted by atomic mass is 10.2. The molecule has 1 fully saturated rings. The number of fused-ring (bicyclic) bond motifs is 1. The van der Waals surface area contributed by atoms with Crippen LogP contribution in [0.15, 0.2) is 6.07 Å². The summed E-state index contributed by atoms with van der Waals surface area (Å²) < 4.78 is 5.43. The van der Waals surface area contributed by atoms with Gasteiger partial charge in [0.1, 0.15) is 10.6 Å². The summed E-state index contributed by atoms with van der Waals surface area (Å²) in [7, 11) is 1.78. The summed E-state index contributed by atoms with van der Waals surface area (Å²) in [5.74, 6) is 6.80. The summed E-state index contributed by atoms with van der Waals surface area (Å²) in [5, 5.41) is 4.62. The predicted octanol–water partition coefficient (Wildman–Crippen LogP) is 2.52. The normalized spacial score (nSPS) is 21.9. The molecule has 7 heteroatoms. The second-order valence-electron chi connectivity index (χ2n) is 5.34. The summed E-state index contributed by atoms with van der Waals surface area (Å²) >= 11 is 1.69. The first-order chi connectivity index (χ1) is 10.2. The number of hydrazine groups is 1. The van der Waals surface area contributed by atoms with Crippen molar-refractivity contribution in [3.05, 3.63) is 10.9 Å². The molecule has 1 aliphatic carbocycles. The maximum Gasteiger partial charge on any atom is 0.240 e. The monoisotopic (exact) mass is 307 g/mol. The molecule has 6 nitrogen and oxygen atoms in total. The smallest absolute Gasteiger partial charge is 0.240 e. The fourth-order valence-corrected chi connectivity index (χ4v) is 3.77. The number of thiophene rings is 1. The number of methoxy groups -OCH3 is 1. The van der Waals surface area contributed by atoms with Crippen molar-refractivity contribution in [2.75, 3.05) is 17.9 Å². The lowest BCUT2D eigenvalue weighted by Crippen LogP contribution is -2.19. The largest absolute Gasteiger partial charge is 0.381 e. The molecular weight excluding hydrogens is 286 g/mol. The summed E-state index contributed by atoms with van der Waals surface area (Å²) in [4.78, 5) is 11.2. The molecule has 4 N–H and O–H groups in total. The molecule has 2 aromatic rings. The van der Waals surface area contributed by atoms with Crippen molar-refractivity contribution in [1.82, 2.24) is 9.97 Å². The van der Waals surface area contributed by atoms with Crippen molar-refractivity contribution in [1.29, 1.82) is 0 Å². The standard InChI is InChI=1S/C14H21N5OS/c1-3-10-7-11-12(16-8-4-5-9(6-8)20-2)17-14(19-15)18-13(11)21-10/h7-9H,3-6,15H2,1-2H3,(H2,16,17,18,19). The van der Waals surface area contributed by atoms with Gasteiger partial charge in [-0.15, -0.1) is 11.3 Å². The van der Waals surface area contributed by atoms with Gasteiger partial charge in [0.15, 0.2) is 0 Å². The van der Waals surface area contributed by atoms with Gasteiger partial charge in [-0.25, -0.2) is 10.8 Å². The van der Waals surface area contributed by atoms with Gasteiger partial charge in [-0.2, -0.15) is 4.98 Å². The number of hydrogen-bond acceptors (Lipinski definition) is 7. The van der Waals surface area contributed by atoms with Gasteiger partial charge in [-0.1, -0.05) is 6.92 Å². The number of rotatable bonds is 5. The van der Waals surface area contributed by atoms with E-state index in [4.69, 9.17) is 10.6 Å². The maximum atomic E-state index is 5.48. The van der Waals surface area contributed by atoms with Gasteiger partial charge in [-0.05, 0) is 31.7 Å². The summed E-state index contributed by atoms with van der Waals surface area (Å²) in [6.45, 7) is 2.15. The Morgan fingerprint density at radius 1 is 1.43 bits per heavy atom. The molecule has 114 valence electrons. The van der Waals surface area contributed by atoms with Crippen molar-refractivity contribution in [3.63, 3.8) is 0 Å². The molecule has 2 aromatic heterocycles. The van der Waals surface area contributed by atoms with Crippen LogP contribution in [0.1, 0.15) is 31.1 Å². The predicted molar refractivity (Wildman–Crippen MR) is 86.7 cm³/mol. The molecule has 2 unspecified atom stereocenters. The SMILES string of the molecule is CCc1cc2c(NC3CCC(OC)C3)nc(NN)nc2s1. The van der Waals surface area contributed by atoms with Gasteiger partial charge in [0.2, 0.25) is 5.95 Å². The lowest BCUT2D eigenvalue weighted by molar-refractivity contribution is 0.108. The Morgan fingerprint density at radius 2 is 2.29 bits per heavy atom. The number of nitrogens with zero attached hydrogens (tertiary/aromatic N) is 2. The molecule has 3 rings (SSSR count). The van der Waals surface area contributed by atoms with E-state index in [2.05, 4.69) is 33.7 Å². The fourth-order valence-electron chi connectivity index (χ4n) is 2.80. The van der Waals surface area contributed by atoms with Crippen LogP contribution in [0, 0.1) is 0 Å². The van der Waals surface area contributed by atoms with E-state index < -0.39 is 0 Å². The molecule has 1 aliphatic rings. The van der Waals surface area contributed by atoms with Crippen molar-refractivity contribution in [3.8, 4) is 0 Å². The minimum Gasteiger partial charge on any atom is -0.381 e. The van der Waals surface area contributed by atoms with E-state index in [-0.39, 0.29) is 0 Å². The molecule has 0 bridgehead atoms. The van der Waals surface area contributed by atoms with Gasteiger partial charge in [0, 0.05) is 18.0 Å². The van der Waals surface area contributed by atoms with Crippen LogP contribution in [0.3, 0.4) is 0 Å². The third-order valence-electron chi connectivity index (χ3n) is 3.98. The lowest BCUT2D eigenvalue weighted by Gasteiger charge is -2.15. The Hall–Kier alpha value is -1.44. The highest BCUT2D eigenvalue weighted by atomic mass is 32.1. The Bertz CT molecular complexity index is 629. The number of nitrogens with one attached hydrogen (secondary N) is 2. The summed E-state index contributed by atoms with van der Waals surface area (Å²) in [6, 6.07) is 2.56. The van der Waals surface area contributed by atoms with Crippen molar-refractivity contribution in [2.45, 2.75) is 44.8 Å². The van der Waals surface area contributed by atoms with Crippen LogP contribution in [0.4, 0.5) is 11.8 Å². The van der Waals surface area contributed by atoms with E-state index >= 15 is 0 Å². The van der Waals surface area contributed by atoms with Crippen LogP contribution in [0.5, 0.6) is 0 Å². The number of aryl methyl sites for hydroxylation is 1. The Balaban J connectivity index is 1.90. The highest BCUT2D eigenvalue weighted by molar-refractivity contribution is 7.18. The Labute approximate surface area is 128 Å². The molecule has 21 heavy (non-hydrogen) atoms. The van der Waals surface area contributed by atoms with Crippen molar-refractivity contribution >= 4 is 33.3 Å². The van der Waals surface area contributed by atoms with Gasteiger partial charge < -0.3 is 10.1 Å². The maximum absolute atomic E-state index is 5.48. The van der Waals surface area contributed by atoms with Crippen LogP contribution in [0.2, 0.25) is 0 Å². The summed E-state index contributed by atoms with van der Waals surface area (Å²) in [5.41, 5.74) is 2.55. The van der Waals surface area contributed by atoms with E-state index in [9.17, 15) is 0 Å². The number of hydrogen-bond donors (Lipinski definition) is 3. The highest BCUT2D eigenvalue weighted by Crippen LogP contribution is 2.32. The van der Waals surface area contributed by atoms with E-state index in [1.165, 1.54) is 4.88 Å². The second-order valence-corrected chi connectivity index (χ2v) is 6.45. The van der Waals surface area contributed by atoms with Crippen LogP contribution >= 0.6 is 11.3 Å². The molecule has 0 spiro atoms. The topological polar surface area (TPSA) is 85.1 Å². The zero-order valence-corrected chi connectivity index (χ0v) is 13.2. The number of nitrogens with two attached hydrogens (primary N) is 1. The van der Waals surface area contributed by atoms with Crippen molar-refractivity contribution in [2.24, 2.45) is 5.84 Å². The van der Waals surface area contributed by atoms with E-state index in [1.54, 1.807) is 18.4 Å². The van der Waals surface area contributed by atoms with E-state index in [0.717, 1.165) is 41.7 Å². The molecule has 0 saturated heterocycles. The van der Waals surface area contributed by atoms with Gasteiger partial charge in [-0.3, -0.25) is 5.43 Å². The van der Waals surface area contributed by atoms with Gasteiger partial charge in [0.25, 0.3) is 0 Å². The molecule has 0 radical (unpaired) electrons. The number of ether oxygens (including phenoxy) is 1. The molecule has 0 aromatic carbocycles. The molecule has 2 heterocycles. The second kappa shape index (κ2) is 6.13. The zero-order chi connectivity index (χ0) is 14.8. The quantitative estimate of drug-likeness (QED) is 0.581. The van der Waals surface area contributed by atoms with Crippen LogP contribution < -0.4 is 16.6 Å². The number of anilines is 2. The minimum absolute atomic E-state index is 0.348. The first-order valence-electron chi connectivity index (χ1n) is 7.29. The first-order valence-corrected chi connectivity index (χ1v) is 8.11. The first kappa shape index (κ1) is 14.5. The zero-order valence-electron chi connectivity index (χ0n) is 12.3. The average Bonchev–Trinajstić information content (AvgIpc) is 3.12. The fraction of sp³-hybridized carbons (Fsp3) is 0.571. The number of aromatic nitrogens is 2. The number of nitrogen functional groups attached to an aromatic ring is 1. The molecule has 0 aliphatic heterocycles. The molecule has 1 saturated carbocycles. The van der Waals surface area contributed by atoms with Crippen molar-refractivity contribution < 1.29 is 4.74 Å². The minimum atomic E-state index is 0.348. The van der Waals surface area contributed by atoms with E-state index in [1.807, 2.05) is 0 Å². The molecular formula is C14H21N5OS.